The molecule has 0 fully saturated rings. The van der Waals surface area contributed by atoms with Crippen molar-refractivity contribution in [3.8, 4) is 0 Å². The Balaban J connectivity index is 2.21. The number of benzene rings is 1. The van der Waals surface area contributed by atoms with E-state index in [1.54, 1.807) is 18.1 Å². The van der Waals surface area contributed by atoms with E-state index >= 15 is 0 Å². The first-order chi connectivity index (χ1) is 9.47. The summed E-state index contributed by atoms with van der Waals surface area (Å²) in [6.07, 6.45) is 1.57. The Hall–Kier alpha value is -1.53. The molecule has 0 aliphatic rings. The van der Waals surface area contributed by atoms with E-state index in [4.69, 9.17) is 18.0 Å². The second kappa shape index (κ2) is 6.28. The summed E-state index contributed by atoms with van der Waals surface area (Å²) in [5.74, 6) is -0.0682. The molecule has 0 saturated heterocycles. The van der Waals surface area contributed by atoms with Crippen LogP contribution in [-0.2, 0) is 6.54 Å². The van der Waals surface area contributed by atoms with Gasteiger partial charge in [0, 0.05) is 29.8 Å². The number of nitrogens with zero attached hydrogens (tertiary/aromatic N) is 2. The van der Waals surface area contributed by atoms with Crippen molar-refractivity contribution >= 4 is 39.0 Å². The number of anilines is 1. The van der Waals surface area contributed by atoms with Gasteiger partial charge in [-0.1, -0.05) is 30.4 Å². The monoisotopic (exact) mass is 353 g/mol. The number of hydrogen-bond acceptors (Lipinski definition) is 3. The van der Waals surface area contributed by atoms with Crippen molar-refractivity contribution in [3.63, 3.8) is 0 Å². The van der Waals surface area contributed by atoms with E-state index in [1.165, 1.54) is 6.07 Å². The Morgan fingerprint density at radius 3 is 2.85 bits per heavy atom. The van der Waals surface area contributed by atoms with Gasteiger partial charge in [0.25, 0.3) is 0 Å². The van der Waals surface area contributed by atoms with Crippen LogP contribution in [0.2, 0.25) is 0 Å². The van der Waals surface area contributed by atoms with E-state index in [0.717, 1.165) is 11.1 Å². The molecule has 0 radical (unpaired) electrons. The van der Waals surface area contributed by atoms with Crippen LogP contribution < -0.4 is 10.6 Å². The van der Waals surface area contributed by atoms with Gasteiger partial charge in [-0.05, 0) is 33.6 Å². The van der Waals surface area contributed by atoms with Crippen molar-refractivity contribution in [3.05, 3.63) is 57.9 Å². The number of hydrogen-bond donors (Lipinski definition) is 1. The summed E-state index contributed by atoms with van der Waals surface area (Å²) >= 11 is 8.14. The molecule has 2 aromatic rings. The summed E-state index contributed by atoms with van der Waals surface area (Å²) in [6, 6.07) is 8.96. The zero-order valence-corrected chi connectivity index (χ0v) is 13.2. The summed E-state index contributed by atoms with van der Waals surface area (Å²) in [5, 5.41) is 0. The van der Waals surface area contributed by atoms with E-state index in [2.05, 4.69) is 20.9 Å². The Morgan fingerprint density at radius 1 is 1.45 bits per heavy atom. The summed E-state index contributed by atoms with van der Waals surface area (Å²) in [5.41, 5.74) is 7.39. The third kappa shape index (κ3) is 3.52. The number of pyridine rings is 1. The van der Waals surface area contributed by atoms with E-state index in [9.17, 15) is 4.39 Å². The largest absolute Gasteiger partial charge is 0.389 e. The van der Waals surface area contributed by atoms with Crippen LogP contribution in [-0.4, -0.2) is 17.0 Å². The first kappa shape index (κ1) is 14.9. The Kier molecular flexibility index (Phi) is 4.67. The van der Waals surface area contributed by atoms with Crippen molar-refractivity contribution < 1.29 is 4.39 Å². The minimum atomic E-state index is -0.368. The van der Waals surface area contributed by atoms with Gasteiger partial charge < -0.3 is 10.6 Å². The average molecular weight is 354 g/mol. The van der Waals surface area contributed by atoms with E-state index in [0.29, 0.717) is 21.8 Å². The van der Waals surface area contributed by atoms with Crippen molar-refractivity contribution in [1.82, 2.24) is 4.98 Å². The average Bonchev–Trinajstić information content (AvgIpc) is 2.38. The summed E-state index contributed by atoms with van der Waals surface area (Å²) < 4.78 is 14.4. The molecule has 0 aliphatic carbocycles. The molecule has 1 aromatic heterocycles. The summed E-state index contributed by atoms with van der Waals surface area (Å²) in [7, 11) is 1.78. The molecule has 3 nitrogen and oxygen atoms in total. The molecule has 1 heterocycles. The van der Waals surface area contributed by atoms with Crippen LogP contribution in [0.15, 0.2) is 41.0 Å². The molecule has 20 heavy (non-hydrogen) atoms. The van der Waals surface area contributed by atoms with Crippen LogP contribution >= 0.6 is 28.1 Å². The predicted octanol–water partition coefficient (Wildman–Crippen LogP) is 3.25. The number of rotatable bonds is 4. The maximum Gasteiger partial charge on any atom is 0.166 e. The van der Waals surface area contributed by atoms with E-state index in [-0.39, 0.29) is 5.82 Å². The highest BCUT2D eigenvalue weighted by Crippen LogP contribution is 2.20. The van der Waals surface area contributed by atoms with Gasteiger partial charge in [-0.3, -0.25) is 0 Å². The summed E-state index contributed by atoms with van der Waals surface area (Å²) in [6.45, 7) is 0.516. The lowest BCUT2D eigenvalue weighted by Gasteiger charge is -2.19. The first-order valence-corrected chi connectivity index (χ1v) is 7.08. The third-order valence-corrected chi connectivity index (χ3v) is 3.45. The molecule has 2 rings (SSSR count). The van der Waals surface area contributed by atoms with E-state index < -0.39 is 0 Å². The topological polar surface area (TPSA) is 42.1 Å². The van der Waals surface area contributed by atoms with Gasteiger partial charge in [0.05, 0.1) is 0 Å². The lowest BCUT2D eigenvalue weighted by Crippen LogP contribution is -2.19. The smallest absolute Gasteiger partial charge is 0.166 e. The Morgan fingerprint density at radius 2 is 2.20 bits per heavy atom. The lowest BCUT2D eigenvalue weighted by atomic mass is 10.1. The number of aromatic nitrogens is 1. The van der Waals surface area contributed by atoms with Crippen molar-refractivity contribution in [2.45, 2.75) is 6.54 Å². The SMILES string of the molecule is CN(Cc1cccc(C(N)=S)c1)c1ncc(Br)cc1F. The van der Waals surface area contributed by atoms with Gasteiger partial charge in [0.15, 0.2) is 11.6 Å². The van der Waals surface area contributed by atoms with Gasteiger partial charge in [-0.2, -0.15) is 0 Å². The molecule has 104 valence electrons. The van der Waals surface area contributed by atoms with Gasteiger partial charge in [0.2, 0.25) is 0 Å². The van der Waals surface area contributed by atoms with Crippen molar-refractivity contribution in [1.29, 1.82) is 0 Å². The van der Waals surface area contributed by atoms with E-state index in [1.807, 2.05) is 24.3 Å². The molecular weight excluding hydrogens is 341 g/mol. The first-order valence-electron chi connectivity index (χ1n) is 5.88. The van der Waals surface area contributed by atoms with Crippen LogP contribution in [0.5, 0.6) is 0 Å². The Bertz CT molecular complexity index is 648. The zero-order chi connectivity index (χ0) is 14.7. The standard InChI is InChI=1S/C14H13BrFN3S/c1-19(14-12(16)6-11(15)7-18-14)8-9-3-2-4-10(5-9)13(17)20/h2-7H,8H2,1H3,(H2,17,20). The second-order valence-corrected chi connectivity index (χ2v) is 5.74. The molecule has 2 N–H and O–H groups in total. The number of thiocarbonyl (C=S) groups is 1. The molecule has 0 spiro atoms. The molecule has 0 aliphatic heterocycles. The quantitative estimate of drug-likeness (QED) is 0.856. The highest BCUT2D eigenvalue weighted by molar-refractivity contribution is 9.10. The van der Waals surface area contributed by atoms with Gasteiger partial charge in [0.1, 0.15) is 4.99 Å². The highest BCUT2D eigenvalue weighted by atomic mass is 79.9. The third-order valence-electron chi connectivity index (χ3n) is 2.78. The van der Waals surface area contributed by atoms with Gasteiger partial charge >= 0.3 is 0 Å². The van der Waals surface area contributed by atoms with Crippen LogP contribution in [0.25, 0.3) is 0 Å². The molecule has 0 unspecified atom stereocenters. The maximum absolute atomic E-state index is 13.8. The van der Waals surface area contributed by atoms with Crippen LogP contribution in [0.1, 0.15) is 11.1 Å². The fraction of sp³-hybridized carbons (Fsp3) is 0.143. The highest BCUT2D eigenvalue weighted by Gasteiger charge is 2.10. The summed E-state index contributed by atoms with van der Waals surface area (Å²) in [4.78, 5) is 6.17. The normalized spacial score (nSPS) is 10.3. The molecular formula is C14H13BrFN3S. The van der Waals surface area contributed by atoms with Crippen molar-refractivity contribution in [2.75, 3.05) is 11.9 Å². The van der Waals surface area contributed by atoms with Crippen LogP contribution in [0.4, 0.5) is 10.2 Å². The second-order valence-electron chi connectivity index (χ2n) is 4.38. The van der Waals surface area contributed by atoms with Gasteiger partial charge in [-0.25, -0.2) is 9.37 Å². The van der Waals surface area contributed by atoms with Gasteiger partial charge in [-0.15, -0.1) is 0 Å². The Labute approximate surface area is 130 Å². The molecule has 0 bridgehead atoms. The predicted molar refractivity (Wildman–Crippen MR) is 86.3 cm³/mol. The molecule has 0 amide bonds. The molecule has 0 saturated carbocycles. The fourth-order valence-electron chi connectivity index (χ4n) is 1.86. The van der Waals surface area contributed by atoms with Crippen molar-refractivity contribution in [2.24, 2.45) is 5.73 Å². The zero-order valence-electron chi connectivity index (χ0n) is 10.8. The maximum atomic E-state index is 13.8. The number of nitrogens with two attached hydrogens (primary N) is 1. The number of halogens is 2. The molecule has 0 atom stereocenters. The molecule has 6 heteroatoms. The minimum Gasteiger partial charge on any atom is -0.389 e. The lowest BCUT2D eigenvalue weighted by molar-refractivity contribution is 0.613. The molecule has 1 aromatic carbocycles. The fourth-order valence-corrected chi connectivity index (χ4v) is 2.29. The van der Waals surface area contributed by atoms with Crippen LogP contribution in [0, 0.1) is 5.82 Å². The minimum absolute atomic E-state index is 0.300. The van der Waals surface area contributed by atoms with Crippen LogP contribution in [0.3, 0.4) is 0 Å².